The van der Waals surface area contributed by atoms with Crippen molar-refractivity contribution in [2.45, 2.75) is 45.1 Å². The maximum absolute atomic E-state index is 5.77. The Bertz CT molecular complexity index is 227. The van der Waals surface area contributed by atoms with Crippen LogP contribution in [-0.2, 0) is 4.74 Å². The number of ether oxygens (including phenoxy) is 1. The topological polar surface area (TPSA) is 24.5 Å². The lowest BCUT2D eigenvalue weighted by molar-refractivity contribution is -0.0185. The first-order valence-corrected chi connectivity index (χ1v) is 7.78. The Morgan fingerprint density at radius 2 is 1.83 bits per heavy atom. The molecule has 0 aromatic rings. The van der Waals surface area contributed by atoms with Gasteiger partial charge < -0.3 is 15.0 Å². The maximum Gasteiger partial charge on any atom is 0.0826 e. The third-order valence-corrected chi connectivity index (χ3v) is 4.69. The van der Waals surface area contributed by atoms with Crippen LogP contribution in [0.2, 0.25) is 0 Å². The quantitative estimate of drug-likeness (QED) is 0.813. The lowest BCUT2D eigenvalue weighted by Gasteiger charge is -2.31. The van der Waals surface area contributed by atoms with Crippen molar-refractivity contribution in [3.05, 3.63) is 0 Å². The van der Waals surface area contributed by atoms with E-state index in [0.717, 1.165) is 38.1 Å². The predicted molar refractivity (Wildman–Crippen MR) is 75.8 cm³/mol. The average molecular weight is 254 g/mol. The van der Waals surface area contributed by atoms with Crippen molar-refractivity contribution in [1.29, 1.82) is 0 Å². The van der Waals surface area contributed by atoms with E-state index >= 15 is 0 Å². The minimum Gasteiger partial charge on any atom is -0.374 e. The molecule has 106 valence electrons. The molecule has 1 aliphatic heterocycles. The Morgan fingerprint density at radius 3 is 2.50 bits per heavy atom. The Hall–Kier alpha value is -0.120. The number of hydrogen-bond donors (Lipinski definition) is 1. The largest absolute Gasteiger partial charge is 0.374 e. The number of nitrogens with zero attached hydrogens (tertiary/aromatic N) is 1. The molecule has 3 nitrogen and oxygen atoms in total. The fraction of sp³-hybridized carbons (Fsp3) is 1.00. The van der Waals surface area contributed by atoms with Crippen molar-refractivity contribution < 1.29 is 4.74 Å². The molecular formula is C15H30N2O. The van der Waals surface area contributed by atoms with Gasteiger partial charge >= 0.3 is 0 Å². The maximum atomic E-state index is 5.77. The minimum atomic E-state index is 0.399. The van der Waals surface area contributed by atoms with Crippen LogP contribution < -0.4 is 5.32 Å². The van der Waals surface area contributed by atoms with E-state index in [4.69, 9.17) is 4.74 Å². The fourth-order valence-electron chi connectivity index (χ4n) is 3.28. The highest BCUT2D eigenvalue weighted by atomic mass is 16.5. The Morgan fingerprint density at radius 1 is 1.11 bits per heavy atom. The third kappa shape index (κ3) is 4.52. The van der Waals surface area contributed by atoms with Gasteiger partial charge in [0.05, 0.1) is 12.7 Å². The zero-order valence-electron chi connectivity index (χ0n) is 12.2. The molecule has 0 bridgehead atoms. The molecule has 1 saturated carbocycles. The first-order chi connectivity index (χ1) is 8.78. The number of likely N-dealkylation sites (N-methyl/N-ethyl adjacent to an activating group) is 1. The van der Waals surface area contributed by atoms with Crippen LogP contribution in [0.5, 0.6) is 0 Å². The van der Waals surface area contributed by atoms with Crippen molar-refractivity contribution in [2.75, 3.05) is 39.8 Å². The van der Waals surface area contributed by atoms with Gasteiger partial charge in [-0.05, 0) is 38.3 Å². The predicted octanol–water partition coefficient (Wildman–Crippen LogP) is 2.12. The van der Waals surface area contributed by atoms with Gasteiger partial charge in [-0.25, -0.2) is 0 Å². The highest BCUT2D eigenvalue weighted by Crippen LogP contribution is 2.30. The van der Waals surface area contributed by atoms with E-state index in [1.165, 1.54) is 38.6 Å². The molecule has 0 aromatic carbocycles. The van der Waals surface area contributed by atoms with E-state index in [9.17, 15) is 0 Å². The van der Waals surface area contributed by atoms with E-state index in [1.807, 2.05) is 0 Å². The molecule has 1 aliphatic carbocycles. The number of rotatable bonds is 5. The zero-order valence-corrected chi connectivity index (χ0v) is 12.2. The van der Waals surface area contributed by atoms with Crippen LogP contribution in [0, 0.1) is 11.8 Å². The van der Waals surface area contributed by atoms with E-state index in [0.29, 0.717) is 6.10 Å². The summed E-state index contributed by atoms with van der Waals surface area (Å²) in [4.78, 5) is 2.36. The molecule has 1 saturated heterocycles. The number of hydrogen-bond acceptors (Lipinski definition) is 3. The van der Waals surface area contributed by atoms with Gasteiger partial charge in [0.2, 0.25) is 0 Å². The molecule has 0 amide bonds. The molecule has 0 spiro atoms. The van der Waals surface area contributed by atoms with Crippen molar-refractivity contribution in [3.8, 4) is 0 Å². The monoisotopic (exact) mass is 254 g/mol. The molecule has 2 fully saturated rings. The second-order valence-electron chi connectivity index (χ2n) is 6.21. The summed E-state index contributed by atoms with van der Waals surface area (Å²) in [6, 6.07) is 0. The SMILES string of the molecule is CCC1CCC(CNCC2CN(C)CCO2)CC1. The highest BCUT2D eigenvalue weighted by molar-refractivity contribution is 4.75. The van der Waals surface area contributed by atoms with Gasteiger partial charge in [0.1, 0.15) is 0 Å². The second kappa shape index (κ2) is 7.46. The van der Waals surface area contributed by atoms with Crippen molar-refractivity contribution in [2.24, 2.45) is 11.8 Å². The summed E-state index contributed by atoms with van der Waals surface area (Å²) < 4.78 is 5.77. The zero-order chi connectivity index (χ0) is 12.8. The molecule has 1 unspecified atom stereocenters. The van der Waals surface area contributed by atoms with Gasteiger partial charge in [-0.2, -0.15) is 0 Å². The van der Waals surface area contributed by atoms with Gasteiger partial charge in [0.15, 0.2) is 0 Å². The summed E-state index contributed by atoms with van der Waals surface area (Å²) in [5, 5.41) is 3.63. The molecule has 0 radical (unpaired) electrons. The van der Waals surface area contributed by atoms with Gasteiger partial charge in [-0.15, -0.1) is 0 Å². The van der Waals surface area contributed by atoms with Crippen LogP contribution in [-0.4, -0.2) is 50.8 Å². The summed E-state index contributed by atoms with van der Waals surface area (Å²) in [6.45, 7) is 7.61. The summed E-state index contributed by atoms with van der Waals surface area (Å²) in [7, 11) is 2.18. The van der Waals surface area contributed by atoms with Gasteiger partial charge in [0.25, 0.3) is 0 Å². The summed E-state index contributed by atoms with van der Waals surface area (Å²) >= 11 is 0. The number of nitrogens with one attached hydrogen (secondary N) is 1. The molecule has 18 heavy (non-hydrogen) atoms. The molecule has 1 N–H and O–H groups in total. The molecule has 1 atom stereocenters. The van der Waals surface area contributed by atoms with Crippen LogP contribution >= 0.6 is 0 Å². The summed E-state index contributed by atoms with van der Waals surface area (Å²) in [5.41, 5.74) is 0. The van der Waals surface area contributed by atoms with Crippen LogP contribution in [0.1, 0.15) is 39.0 Å². The highest BCUT2D eigenvalue weighted by Gasteiger charge is 2.21. The van der Waals surface area contributed by atoms with Gasteiger partial charge in [-0.3, -0.25) is 0 Å². The van der Waals surface area contributed by atoms with E-state index in [-0.39, 0.29) is 0 Å². The van der Waals surface area contributed by atoms with Crippen molar-refractivity contribution >= 4 is 0 Å². The second-order valence-corrected chi connectivity index (χ2v) is 6.21. The molecular weight excluding hydrogens is 224 g/mol. The normalized spacial score (nSPS) is 34.7. The van der Waals surface area contributed by atoms with Crippen LogP contribution in [0.15, 0.2) is 0 Å². The minimum absolute atomic E-state index is 0.399. The van der Waals surface area contributed by atoms with E-state index in [1.54, 1.807) is 0 Å². The van der Waals surface area contributed by atoms with Crippen LogP contribution in [0.25, 0.3) is 0 Å². The summed E-state index contributed by atoms with van der Waals surface area (Å²) in [5.74, 6) is 1.92. The Kier molecular flexibility index (Phi) is 5.93. The first kappa shape index (κ1) is 14.3. The number of morpholine rings is 1. The molecule has 2 rings (SSSR count). The molecule has 2 aliphatic rings. The molecule has 1 heterocycles. The fourth-order valence-corrected chi connectivity index (χ4v) is 3.28. The molecule has 0 aromatic heterocycles. The third-order valence-electron chi connectivity index (χ3n) is 4.69. The van der Waals surface area contributed by atoms with Gasteiger partial charge in [0, 0.05) is 19.6 Å². The molecule has 3 heteroatoms. The Balaban J connectivity index is 1.55. The van der Waals surface area contributed by atoms with Crippen LogP contribution in [0.3, 0.4) is 0 Å². The average Bonchev–Trinajstić information content (AvgIpc) is 2.40. The summed E-state index contributed by atoms with van der Waals surface area (Å²) in [6.07, 6.45) is 7.53. The van der Waals surface area contributed by atoms with Crippen molar-refractivity contribution in [3.63, 3.8) is 0 Å². The van der Waals surface area contributed by atoms with Crippen LogP contribution in [0.4, 0.5) is 0 Å². The first-order valence-electron chi connectivity index (χ1n) is 7.78. The lowest BCUT2D eigenvalue weighted by Crippen LogP contribution is -2.45. The van der Waals surface area contributed by atoms with E-state index < -0.39 is 0 Å². The van der Waals surface area contributed by atoms with Crippen molar-refractivity contribution in [1.82, 2.24) is 10.2 Å². The Labute approximate surface area is 112 Å². The lowest BCUT2D eigenvalue weighted by atomic mass is 9.81. The van der Waals surface area contributed by atoms with E-state index in [2.05, 4.69) is 24.2 Å². The van der Waals surface area contributed by atoms with Gasteiger partial charge in [-0.1, -0.05) is 26.2 Å². The smallest absolute Gasteiger partial charge is 0.0826 e. The standard InChI is InChI=1S/C15H30N2O/c1-3-13-4-6-14(7-5-13)10-16-11-15-12-17(2)8-9-18-15/h13-16H,3-12H2,1-2H3.